The third-order valence-electron chi connectivity index (χ3n) is 3.13. The van der Waals surface area contributed by atoms with E-state index < -0.39 is 8.32 Å². The van der Waals surface area contributed by atoms with Crippen LogP contribution in [0.25, 0.3) is 0 Å². The van der Waals surface area contributed by atoms with Crippen molar-refractivity contribution in [2.45, 2.75) is 57.8 Å². The average molecular weight is 185 g/mol. The summed E-state index contributed by atoms with van der Waals surface area (Å²) in [6, 6.07) is 0. The Bertz CT molecular complexity index is 154. The predicted molar refractivity (Wildman–Crippen MR) is 55.6 cm³/mol. The van der Waals surface area contributed by atoms with E-state index in [4.69, 9.17) is 4.43 Å². The molecule has 1 aliphatic carbocycles. The minimum atomic E-state index is -1.46. The SMILES string of the molecule is CC(C)(C)[Si](C)(C)OC1C[CH]C1. The van der Waals surface area contributed by atoms with Gasteiger partial charge in [0.1, 0.15) is 0 Å². The molecule has 1 fully saturated rings. The van der Waals surface area contributed by atoms with Crippen molar-refractivity contribution in [1.29, 1.82) is 0 Å². The monoisotopic (exact) mass is 185 g/mol. The minimum absolute atomic E-state index is 0.364. The maximum Gasteiger partial charge on any atom is 0.192 e. The Balaban J connectivity index is 2.46. The van der Waals surface area contributed by atoms with Gasteiger partial charge in [0, 0.05) is 6.10 Å². The van der Waals surface area contributed by atoms with Crippen LogP contribution in [0.5, 0.6) is 0 Å². The molecule has 0 unspecified atom stereocenters. The van der Waals surface area contributed by atoms with Gasteiger partial charge in [-0.3, -0.25) is 0 Å². The molecule has 0 aliphatic heterocycles. The van der Waals surface area contributed by atoms with Crippen molar-refractivity contribution in [1.82, 2.24) is 0 Å². The predicted octanol–water partition coefficient (Wildman–Crippen LogP) is 3.37. The van der Waals surface area contributed by atoms with Gasteiger partial charge < -0.3 is 4.43 Å². The minimum Gasteiger partial charge on any atom is -0.414 e. The average Bonchev–Trinajstić information content (AvgIpc) is 1.76. The highest BCUT2D eigenvalue weighted by Crippen LogP contribution is 2.39. The second-order valence-corrected chi connectivity index (χ2v) is 10.0. The molecule has 0 bridgehead atoms. The van der Waals surface area contributed by atoms with Gasteiger partial charge in [-0.05, 0) is 37.4 Å². The van der Waals surface area contributed by atoms with Gasteiger partial charge in [0.2, 0.25) is 0 Å². The lowest BCUT2D eigenvalue weighted by atomic mass is 9.97. The Morgan fingerprint density at radius 1 is 1.25 bits per heavy atom. The van der Waals surface area contributed by atoms with Crippen LogP contribution < -0.4 is 0 Å². The van der Waals surface area contributed by atoms with Crippen LogP contribution >= 0.6 is 0 Å². The second kappa shape index (κ2) is 3.15. The van der Waals surface area contributed by atoms with Crippen LogP contribution in [0.1, 0.15) is 33.6 Å². The molecule has 1 radical (unpaired) electrons. The lowest BCUT2D eigenvalue weighted by molar-refractivity contribution is 0.140. The maximum atomic E-state index is 6.15. The van der Waals surface area contributed by atoms with Crippen LogP contribution in [0.3, 0.4) is 0 Å². The fourth-order valence-corrected chi connectivity index (χ4v) is 2.37. The Morgan fingerprint density at radius 2 is 1.75 bits per heavy atom. The van der Waals surface area contributed by atoms with E-state index in [1.165, 1.54) is 12.8 Å². The van der Waals surface area contributed by atoms with Gasteiger partial charge >= 0.3 is 0 Å². The van der Waals surface area contributed by atoms with Crippen molar-refractivity contribution in [3.8, 4) is 0 Å². The Hall–Kier alpha value is 0.177. The van der Waals surface area contributed by atoms with Gasteiger partial charge in [-0.25, -0.2) is 0 Å². The molecule has 0 N–H and O–H groups in total. The van der Waals surface area contributed by atoms with E-state index in [1.807, 2.05) is 0 Å². The van der Waals surface area contributed by atoms with Crippen LogP contribution in [-0.4, -0.2) is 14.4 Å². The van der Waals surface area contributed by atoms with E-state index in [0.29, 0.717) is 11.1 Å². The molecule has 1 rings (SSSR count). The van der Waals surface area contributed by atoms with Crippen LogP contribution in [-0.2, 0) is 4.43 Å². The molecule has 0 amide bonds. The molecule has 0 aromatic carbocycles. The van der Waals surface area contributed by atoms with Crippen molar-refractivity contribution in [3.05, 3.63) is 6.42 Å². The Morgan fingerprint density at radius 3 is 2.00 bits per heavy atom. The topological polar surface area (TPSA) is 9.23 Å². The molecule has 1 aliphatic rings. The summed E-state index contributed by atoms with van der Waals surface area (Å²) in [6.45, 7) is 11.5. The summed E-state index contributed by atoms with van der Waals surface area (Å²) < 4.78 is 6.15. The lowest BCUT2D eigenvalue weighted by Crippen LogP contribution is -2.45. The van der Waals surface area contributed by atoms with Crippen LogP contribution in [0, 0.1) is 6.42 Å². The van der Waals surface area contributed by atoms with Crippen molar-refractivity contribution >= 4 is 8.32 Å². The first-order chi connectivity index (χ1) is 5.33. The normalized spacial score (nSPS) is 20.8. The molecular weight excluding hydrogens is 164 g/mol. The van der Waals surface area contributed by atoms with E-state index in [0.717, 1.165) is 0 Å². The summed E-state index contributed by atoms with van der Waals surface area (Å²) >= 11 is 0. The molecule has 0 aromatic rings. The molecule has 0 aromatic heterocycles. The number of rotatable bonds is 2. The van der Waals surface area contributed by atoms with E-state index in [-0.39, 0.29) is 0 Å². The van der Waals surface area contributed by atoms with E-state index in [1.54, 1.807) is 0 Å². The van der Waals surface area contributed by atoms with Gasteiger partial charge in [-0.2, -0.15) is 0 Å². The van der Waals surface area contributed by atoms with Gasteiger partial charge in [0.05, 0.1) is 0 Å². The van der Waals surface area contributed by atoms with Crippen LogP contribution in [0.2, 0.25) is 18.1 Å². The number of hydrogen-bond donors (Lipinski definition) is 0. The number of hydrogen-bond acceptors (Lipinski definition) is 1. The van der Waals surface area contributed by atoms with Crippen molar-refractivity contribution in [3.63, 3.8) is 0 Å². The molecule has 0 heterocycles. The molecule has 0 spiro atoms. The highest BCUT2D eigenvalue weighted by atomic mass is 28.4. The summed E-state index contributed by atoms with van der Waals surface area (Å²) in [5.74, 6) is 0. The zero-order valence-corrected chi connectivity index (χ0v) is 9.98. The Kier molecular flexibility index (Phi) is 2.69. The molecule has 0 atom stereocenters. The third kappa shape index (κ3) is 2.11. The summed E-state index contributed by atoms with van der Waals surface area (Å²) in [5.41, 5.74) is 0. The van der Waals surface area contributed by atoms with Crippen LogP contribution in [0.4, 0.5) is 0 Å². The third-order valence-corrected chi connectivity index (χ3v) is 7.66. The zero-order chi connectivity index (χ0) is 9.41. The first-order valence-electron chi connectivity index (χ1n) is 4.82. The summed E-state index contributed by atoms with van der Waals surface area (Å²) in [4.78, 5) is 0. The van der Waals surface area contributed by atoms with Crippen LogP contribution in [0.15, 0.2) is 0 Å². The van der Waals surface area contributed by atoms with E-state index >= 15 is 0 Å². The second-order valence-electron chi connectivity index (χ2n) is 5.26. The summed E-state index contributed by atoms with van der Waals surface area (Å²) in [5, 5.41) is 0.364. The molecule has 2 heteroatoms. The molecule has 12 heavy (non-hydrogen) atoms. The zero-order valence-electron chi connectivity index (χ0n) is 8.98. The highest BCUT2D eigenvalue weighted by molar-refractivity contribution is 6.74. The molecule has 0 saturated heterocycles. The lowest BCUT2D eigenvalue weighted by Gasteiger charge is -2.41. The maximum absolute atomic E-state index is 6.15. The smallest absolute Gasteiger partial charge is 0.192 e. The molecule has 1 nitrogen and oxygen atoms in total. The summed E-state index contributed by atoms with van der Waals surface area (Å²) in [6.07, 6.45) is 5.20. The van der Waals surface area contributed by atoms with Gasteiger partial charge in [-0.1, -0.05) is 20.8 Å². The van der Waals surface area contributed by atoms with E-state index in [9.17, 15) is 0 Å². The standard InChI is InChI=1S/C10H21OSi/c1-10(2,3)12(4,5)11-9-7-6-8-9/h6,9H,7-8H2,1-5H3. The fourth-order valence-electron chi connectivity index (χ4n) is 0.992. The first-order valence-corrected chi connectivity index (χ1v) is 7.73. The molecular formula is C10H21OSi. The fraction of sp³-hybridized carbons (Fsp3) is 0.900. The summed E-state index contributed by atoms with van der Waals surface area (Å²) in [7, 11) is -1.46. The van der Waals surface area contributed by atoms with E-state index in [2.05, 4.69) is 40.3 Å². The largest absolute Gasteiger partial charge is 0.414 e. The van der Waals surface area contributed by atoms with Gasteiger partial charge in [0.25, 0.3) is 0 Å². The van der Waals surface area contributed by atoms with Crippen molar-refractivity contribution < 1.29 is 4.43 Å². The first kappa shape index (κ1) is 10.3. The van der Waals surface area contributed by atoms with Gasteiger partial charge in [-0.15, -0.1) is 0 Å². The molecule has 1 saturated carbocycles. The molecule has 71 valence electrons. The van der Waals surface area contributed by atoms with Crippen molar-refractivity contribution in [2.75, 3.05) is 0 Å². The highest BCUT2D eigenvalue weighted by Gasteiger charge is 2.40. The quantitative estimate of drug-likeness (QED) is 0.599. The van der Waals surface area contributed by atoms with Crippen molar-refractivity contribution in [2.24, 2.45) is 0 Å². The Labute approximate surface area is 77.6 Å². The van der Waals surface area contributed by atoms with Gasteiger partial charge in [0.15, 0.2) is 8.32 Å².